The van der Waals surface area contributed by atoms with Crippen LogP contribution in [0.1, 0.15) is 0 Å². The van der Waals surface area contributed by atoms with Gasteiger partial charge in [0.2, 0.25) is 11.8 Å². The molecule has 0 aliphatic carbocycles. The van der Waals surface area contributed by atoms with Gasteiger partial charge in [0, 0.05) is 33.2 Å². The first-order chi connectivity index (χ1) is 29.2. The molecule has 0 amide bonds. The molecular weight excluding hydrogens is 731 g/mol. The summed E-state index contributed by atoms with van der Waals surface area (Å²) < 4.78 is 19.1. The van der Waals surface area contributed by atoms with Crippen molar-refractivity contribution < 1.29 is 13.3 Å². The Morgan fingerprint density at radius 2 is 0.864 bits per heavy atom. The summed E-state index contributed by atoms with van der Waals surface area (Å²) in [4.78, 5) is 25.0. The molecule has 8 aromatic carbocycles. The van der Waals surface area contributed by atoms with Crippen LogP contribution in [0.3, 0.4) is 0 Å². The van der Waals surface area contributed by atoms with Gasteiger partial charge in [-0.15, -0.1) is 0 Å². The molecule has 12 rings (SSSR count). The molecule has 12 aromatic rings. The van der Waals surface area contributed by atoms with Gasteiger partial charge in [0.25, 0.3) is 0 Å². The number of para-hydroxylation sites is 2. The van der Waals surface area contributed by atoms with E-state index in [2.05, 4.69) is 48.5 Å². The molecule has 0 aliphatic rings. The fourth-order valence-corrected chi connectivity index (χ4v) is 7.92. The van der Waals surface area contributed by atoms with Crippen LogP contribution in [0.25, 0.3) is 123 Å². The summed E-state index contributed by atoms with van der Waals surface area (Å²) in [6.45, 7) is 0. The predicted molar refractivity (Wildman–Crippen MR) is 232 cm³/mol. The Hall–Kier alpha value is -8.23. The zero-order valence-corrected chi connectivity index (χ0v) is 31.2. The molecular formula is C51H29N5O3. The second kappa shape index (κ2) is 13.2. The van der Waals surface area contributed by atoms with E-state index in [1.807, 2.05) is 127 Å². The number of hydrogen-bond donors (Lipinski definition) is 0. The lowest BCUT2D eigenvalue weighted by Crippen LogP contribution is -2.00. The van der Waals surface area contributed by atoms with Crippen molar-refractivity contribution in [2.75, 3.05) is 0 Å². The van der Waals surface area contributed by atoms with Gasteiger partial charge in [0.05, 0.1) is 5.39 Å². The number of nitrogens with zero attached hydrogens (tertiary/aromatic N) is 5. The molecule has 8 heteroatoms. The minimum Gasteiger partial charge on any atom is -0.456 e. The number of furan rings is 1. The largest absolute Gasteiger partial charge is 0.456 e. The van der Waals surface area contributed by atoms with Crippen LogP contribution in [0.4, 0.5) is 0 Å². The Labute approximate surface area is 336 Å². The standard InChI is InChI=1S/C51H29N5O3/c1-3-11-30(12-4-1)33-15-9-16-34(27-33)47-54-48(35-17-10-18-37(28-35)51-52-39-19-7-8-20-41(39)58-51)56-49(55-47)36-22-21-31-23-25-42-44(38(31)29-36)45-43(57-42)26-24-40-46(45)59-50(53-40)32-13-5-2-6-14-32/h1-29H. The van der Waals surface area contributed by atoms with E-state index in [-0.39, 0.29) is 0 Å². The van der Waals surface area contributed by atoms with Gasteiger partial charge in [-0.2, -0.15) is 0 Å². The van der Waals surface area contributed by atoms with Crippen LogP contribution in [0, 0.1) is 0 Å². The summed E-state index contributed by atoms with van der Waals surface area (Å²) >= 11 is 0. The van der Waals surface area contributed by atoms with Gasteiger partial charge in [-0.05, 0) is 88.6 Å². The van der Waals surface area contributed by atoms with Crippen molar-refractivity contribution in [3.8, 4) is 68.2 Å². The van der Waals surface area contributed by atoms with Crippen LogP contribution in [0.15, 0.2) is 189 Å². The molecule has 276 valence electrons. The average Bonchev–Trinajstić information content (AvgIpc) is 4.05. The third kappa shape index (κ3) is 5.65. The van der Waals surface area contributed by atoms with E-state index < -0.39 is 0 Å². The van der Waals surface area contributed by atoms with E-state index in [9.17, 15) is 0 Å². The van der Waals surface area contributed by atoms with Crippen molar-refractivity contribution in [2.24, 2.45) is 0 Å². The van der Waals surface area contributed by atoms with Crippen molar-refractivity contribution in [1.82, 2.24) is 24.9 Å². The highest BCUT2D eigenvalue weighted by molar-refractivity contribution is 6.25. The predicted octanol–water partition coefficient (Wildman–Crippen LogP) is 13.2. The monoisotopic (exact) mass is 759 g/mol. The third-order valence-corrected chi connectivity index (χ3v) is 10.8. The molecule has 4 aromatic heterocycles. The second-order valence-corrected chi connectivity index (χ2v) is 14.5. The maximum absolute atomic E-state index is 6.51. The van der Waals surface area contributed by atoms with Crippen LogP contribution < -0.4 is 0 Å². The van der Waals surface area contributed by atoms with Crippen LogP contribution in [-0.4, -0.2) is 24.9 Å². The number of fused-ring (bicyclic) bond motifs is 8. The molecule has 4 heterocycles. The fraction of sp³-hybridized carbons (Fsp3) is 0. The Balaban J connectivity index is 1.05. The van der Waals surface area contributed by atoms with Crippen molar-refractivity contribution in [1.29, 1.82) is 0 Å². The summed E-state index contributed by atoms with van der Waals surface area (Å²) in [7, 11) is 0. The summed E-state index contributed by atoms with van der Waals surface area (Å²) in [5.41, 5.74) is 10.9. The molecule has 0 spiro atoms. The van der Waals surface area contributed by atoms with Crippen LogP contribution in [0.2, 0.25) is 0 Å². The van der Waals surface area contributed by atoms with Crippen molar-refractivity contribution in [3.63, 3.8) is 0 Å². The van der Waals surface area contributed by atoms with Gasteiger partial charge >= 0.3 is 0 Å². The minimum absolute atomic E-state index is 0.525. The minimum atomic E-state index is 0.525. The lowest BCUT2D eigenvalue weighted by atomic mass is 10.0. The first kappa shape index (κ1) is 33.0. The van der Waals surface area contributed by atoms with Crippen molar-refractivity contribution >= 4 is 54.9 Å². The first-order valence-electron chi connectivity index (χ1n) is 19.3. The Morgan fingerprint density at radius 3 is 1.63 bits per heavy atom. The highest BCUT2D eigenvalue weighted by Gasteiger charge is 2.20. The van der Waals surface area contributed by atoms with Gasteiger partial charge in [0.15, 0.2) is 28.6 Å². The van der Waals surface area contributed by atoms with Crippen molar-refractivity contribution in [3.05, 3.63) is 176 Å². The van der Waals surface area contributed by atoms with E-state index >= 15 is 0 Å². The third-order valence-electron chi connectivity index (χ3n) is 10.8. The topological polar surface area (TPSA) is 104 Å². The maximum Gasteiger partial charge on any atom is 0.227 e. The number of benzene rings is 8. The molecule has 0 fully saturated rings. The highest BCUT2D eigenvalue weighted by Crippen LogP contribution is 2.41. The van der Waals surface area contributed by atoms with Gasteiger partial charge in [-0.25, -0.2) is 24.9 Å². The number of aromatic nitrogens is 5. The molecule has 8 nitrogen and oxygen atoms in total. The molecule has 0 bridgehead atoms. The number of oxazole rings is 2. The normalized spacial score (nSPS) is 11.7. The number of rotatable bonds is 6. The highest BCUT2D eigenvalue weighted by atomic mass is 16.4. The molecule has 59 heavy (non-hydrogen) atoms. The van der Waals surface area contributed by atoms with E-state index in [0.717, 1.165) is 88.3 Å². The van der Waals surface area contributed by atoms with E-state index in [0.29, 0.717) is 34.8 Å². The molecule has 0 radical (unpaired) electrons. The zero-order valence-electron chi connectivity index (χ0n) is 31.2. The summed E-state index contributed by atoms with van der Waals surface area (Å²) in [6, 6.07) is 58.6. The smallest absolute Gasteiger partial charge is 0.227 e. The molecule has 0 atom stereocenters. The fourth-order valence-electron chi connectivity index (χ4n) is 7.92. The first-order valence-corrected chi connectivity index (χ1v) is 19.3. The molecule has 0 aliphatic heterocycles. The van der Waals surface area contributed by atoms with Crippen LogP contribution >= 0.6 is 0 Å². The summed E-state index contributed by atoms with van der Waals surface area (Å²) in [6.07, 6.45) is 0. The molecule has 0 saturated heterocycles. The van der Waals surface area contributed by atoms with Gasteiger partial charge in [-0.3, -0.25) is 0 Å². The molecule has 0 saturated carbocycles. The lowest BCUT2D eigenvalue weighted by Gasteiger charge is -2.11. The van der Waals surface area contributed by atoms with Gasteiger partial charge in [-0.1, -0.05) is 109 Å². The van der Waals surface area contributed by atoms with E-state index in [1.54, 1.807) is 0 Å². The molecule has 0 unspecified atom stereocenters. The SMILES string of the molecule is c1ccc(-c2cccc(-c3nc(-c4cccc(-c5nc6ccccc6o5)c4)nc(-c4ccc5ccc6oc7ccc8nc(-c9ccccc9)oc8c7c6c5c4)n3)c2)cc1. The Morgan fingerprint density at radius 1 is 0.305 bits per heavy atom. The van der Waals surface area contributed by atoms with Gasteiger partial charge in [0.1, 0.15) is 22.2 Å². The molecule has 0 N–H and O–H groups in total. The Bertz CT molecular complexity index is 3540. The van der Waals surface area contributed by atoms with E-state index in [4.69, 9.17) is 38.2 Å². The summed E-state index contributed by atoms with van der Waals surface area (Å²) in [5.74, 6) is 2.70. The van der Waals surface area contributed by atoms with Crippen LogP contribution in [0.5, 0.6) is 0 Å². The van der Waals surface area contributed by atoms with Gasteiger partial charge < -0.3 is 13.3 Å². The van der Waals surface area contributed by atoms with E-state index in [1.165, 1.54) is 0 Å². The Kier molecular flexibility index (Phi) is 7.36. The van der Waals surface area contributed by atoms with Crippen LogP contribution in [-0.2, 0) is 0 Å². The zero-order chi connectivity index (χ0) is 38.9. The lowest BCUT2D eigenvalue weighted by molar-refractivity contribution is 0.620. The average molecular weight is 760 g/mol. The number of hydrogen-bond acceptors (Lipinski definition) is 8. The maximum atomic E-state index is 6.51. The summed E-state index contributed by atoms with van der Waals surface area (Å²) in [5, 5.41) is 3.84. The second-order valence-electron chi connectivity index (χ2n) is 14.5. The van der Waals surface area contributed by atoms with Crippen molar-refractivity contribution in [2.45, 2.75) is 0 Å². The quantitative estimate of drug-likeness (QED) is 0.165.